The number of rotatable bonds is 3. The van der Waals surface area contributed by atoms with Gasteiger partial charge in [0.05, 0.1) is 39.0 Å². The Labute approximate surface area is 125 Å². The average molecular weight is 299 g/mol. The number of hydrogen-bond acceptors (Lipinski definition) is 5. The van der Waals surface area contributed by atoms with Gasteiger partial charge in [-0.1, -0.05) is 0 Å². The molecule has 0 aromatic heterocycles. The number of nitrogens with zero attached hydrogens (tertiary/aromatic N) is 2. The van der Waals surface area contributed by atoms with E-state index in [0.717, 1.165) is 31.9 Å². The molecule has 0 saturated carbocycles. The van der Waals surface area contributed by atoms with Crippen LogP contribution in [0.3, 0.4) is 0 Å². The first kappa shape index (κ1) is 16.0. The van der Waals surface area contributed by atoms with Crippen molar-refractivity contribution in [1.82, 2.24) is 10.2 Å². The smallest absolute Gasteiger partial charge is 0.308 e. The van der Waals surface area contributed by atoms with Crippen molar-refractivity contribution in [2.24, 2.45) is 10.9 Å². The molecule has 1 unspecified atom stereocenters. The van der Waals surface area contributed by atoms with Crippen LogP contribution in [0, 0.1) is 5.92 Å². The SMILES string of the molecule is CN=C(NCC1COCCO1)N1CCC(C(=O)OC)CC1. The number of nitrogens with one attached hydrogen (secondary N) is 1. The molecule has 2 fully saturated rings. The summed E-state index contributed by atoms with van der Waals surface area (Å²) < 4.78 is 15.8. The van der Waals surface area contributed by atoms with Gasteiger partial charge in [-0.05, 0) is 12.8 Å². The van der Waals surface area contributed by atoms with E-state index in [9.17, 15) is 4.79 Å². The Hall–Kier alpha value is -1.34. The second kappa shape index (κ2) is 8.19. The molecule has 2 aliphatic rings. The van der Waals surface area contributed by atoms with Crippen molar-refractivity contribution in [3.63, 3.8) is 0 Å². The van der Waals surface area contributed by atoms with E-state index in [-0.39, 0.29) is 18.0 Å². The lowest BCUT2D eigenvalue weighted by atomic mass is 9.97. The number of likely N-dealkylation sites (tertiary alicyclic amines) is 1. The summed E-state index contributed by atoms with van der Waals surface area (Å²) in [4.78, 5) is 18.0. The van der Waals surface area contributed by atoms with Crippen molar-refractivity contribution in [1.29, 1.82) is 0 Å². The Morgan fingerprint density at radius 1 is 1.38 bits per heavy atom. The molecule has 0 spiro atoms. The average Bonchev–Trinajstić information content (AvgIpc) is 2.56. The first-order valence-electron chi connectivity index (χ1n) is 7.47. The van der Waals surface area contributed by atoms with Crippen molar-refractivity contribution in [3.8, 4) is 0 Å². The van der Waals surface area contributed by atoms with Crippen LogP contribution in [0.2, 0.25) is 0 Å². The Balaban J connectivity index is 1.75. The number of carbonyl (C=O) groups is 1. The molecule has 7 heteroatoms. The Morgan fingerprint density at radius 3 is 2.71 bits per heavy atom. The minimum atomic E-state index is -0.106. The highest BCUT2D eigenvalue weighted by Gasteiger charge is 2.27. The molecule has 1 N–H and O–H groups in total. The largest absolute Gasteiger partial charge is 0.469 e. The molecule has 2 saturated heterocycles. The van der Waals surface area contributed by atoms with Crippen LogP contribution in [-0.4, -0.2) is 76.5 Å². The summed E-state index contributed by atoms with van der Waals surface area (Å²) in [6.45, 7) is 4.24. The van der Waals surface area contributed by atoms with Crippen LogP contribution in [0.15, 0.2) is 4.99 Å². The Kier molecular flexibility index (Phi) is 6.25. The molecule has 0 bridgehead atoms. The third-order valence-electron chi connectivity index (χ3n) is 3.91. The predicted molar refractivity (Wildman–Crippen MR) is 78.2 cm³/mol. The molecule has 2 aliphatic heterocycles. The molecule has 0 amide bonds. The van der Waals surface area contributed by atoms with E-state index in [1.165, 1.54) is 7.11 Å². The van der Waals surface area contributed by atoms with Gasteiger partial charge in [0.2, 0.25) is 0 Å². The maximum Gasteiger partial charge on any atom is 0.308 e. The van der Waals surface area contributed by atoms with Crippen LogP contribution < -0.4 is 5.32 Å². The monoisotopic (exact) mass is 299 g/mol. The fourth-order valence-electron chi connectivity index (χ4n) is 2.69. The van der Waals surface area contributed by atoms with E-state index in [2.05, 4.69) is 15.2 Å². The van der Waals surface area contributed by atoms with Gasteiger partial charge < -0.3 is 24.4 Å². The van der Waals surface area contributed by atoms with Gasteiger partial charge >= 0.3 is 5.97 Å². The van der Waals surface area contributed by atoms with Crippen molar-refractivity contribution in [2.75, 3.05) is 53.6 Å². The quantitative estimate of drug-likeness (QED) is 0.444. The van der Waals surface area contributed by atoms with Crippen molar-refractivity contribution >= 4 is 11.9 Å². The molecule has 7 nitrogen and oxygen atoms in total. The number of ether oxygens (including phenoxy) is 3. The maximum atomic E-state index is 11.5. The standard InChI is InChI=1S/C14H25N3O4/c1-15-14(16-9-12-10-20-7-8-21-12)17-5-3-11(4-6-17)13(18)19-2/h11-12H,3-10H2,1-2H3,(H,15,16). The van der Waals surface area contributed by atoms with Crippen LogP contribution in [0.1, 0.15) is 12.8 Å². The van der Waals surface area contributed by atoms with Gasteiger partial charge in [-0.15, -0.1) is 0 Å². The van der Waals surface area contributed by atoms with Gasteiger partial charge in [0.15, 0.2) is 5.96 Å². The number of aliphatic imine (C=N–C) groups is 1. The highest BCUT2D eigenvalue weighted by Crippen LogP contribution is 2.18. The summed E-state index contributed by atoms with van der Waals surface area (Å²) in [7, 11) is 3.22. The minimum absolute atomic E-state index is 0.0134. The number of hydrogen-bond donors (Lipinski definition) is 1. The van der Waals surface area contributed by atoms with E-state index >= 15 is 0 Å². The number of methoxy groups -OCH3 is 1. The summed E-state index contributed by atoms with van der Waals surface area (Å²) in [6.07, 6.45) is 1.68. The molecule has 0 aromatic rings. The Bertz CT molecular complexity index is 361. The van der Waals surface area contributed by atoms with E-state index in [4.69, 9.17) is 14.2 Å². The summed E-state index contributed by atoms with van der Waals surface area (Å²) in [5.74, 6) is 0.761. The second-order valence-corrected chi connectivity index (χ2v) is 5.28. The van der Waals surface area contributed by atoms with Crippen LogP contribution in [-0.2, 0) is 19.0 Å². The number of piperidine rings is 1. The second-order valence-electron chi connectivity index (χ2n) is 5.28. The van der Waals surface area contributed by atoms with Gasteiger partial charge in [0, 0.05) is 26.7 Å². The third kappa shape index (κ3) is 4.57. The highest BCUT2D eigenvalue weighted by atomic mass is 16.6. The van der Waals surface area contributed by atoms with E-state index < -0.39 is 0 Å². The normalized spacial score (nSPS) is 24.8. The molecule has 0 aliphatic carbocycles. The molecular formula is C14H25N3O4. The summed E-state index contributed by atoms with van der Waals surface area (Å²) >= 11 is 0. The molecule has 120 valence electrons. The number of guanidine groups is 1. The van der Waals surface area contributed by atoms with E-state index in [0.29, 0.717) is 26.4 Å². The summed E-state index contributed by atoms with van der Waals surface area (Å²) in [5, 5.41) is 3.32. The lowest BCUT2D eigenvalue weighted by Gasteiger charge is -2.34. The third-order valence-corrected chi connectivity index (χ3v) is 3.91. The number of esters is 1. The van der Waals surface area contributed by atoms with Crippen molar-refractivity contribution < 1.29 is 19.0 Å². The van der Waals surface area contributed by atoms with Gasteiger partial charge in [0.1, 0.15) is 0 Å². The van der Waals surface area contributed by atoms with Gasteiger partial charge in [-0.25, -0.2) is 0 Å². The van der Waals surface area contributed by atoms with E-state index in [1.807, 2.05) is 0 Å². The van der Waals surface area contributed by atoms with Gasteiger partial charge in [-0.3, -0.25) is 9.79 Å². The fraction of sp³-hybridized carbons (Fsp3) is 0.857. The lowest BCUT2D eigenvalue weighted by Crippen LogP contribution is -2.49. The van der Waals surface area contributed by atoms with E-state index in [1.54, 1.807) is 7.05 Å². The first-order chi connectivity index (χ1) is 10.2. The zero-order valence-electron chi connectivity index (χ0n) is 12.8. The highest BCUT2D eigenvalue weighted by molar-refractivity contribution is 5.80. The minimum Gasteiger partial charge on any atom is -0.469 e. The van der Waals surface area contributed by atoms with Gasteiger partial charge in [-0.2, -0.15) is 0 Å². The zero-order valence-corrected chi connectivity index (χ0v) is 12.8. The predicted octanol–water partition coefficient (Wildman–Crippen LogP) is -0.138. The molecule has 2 heterocycles. The van der Waals surface area contributed by atoms with Crippen molar-refractivity contribution in [2.45, 2.75) is 18.9 Å². The fourth-order valence-corrected chi connectivity index (χ4v) is 2.69. The molecule has 21 heavy (non-hydrogen) atoms. The van der Waals surface area contributed by atoms with Crippen LogP contribution in [0.5, 0.6) is 0 Å². The molecular weight excluding hydrogens is 274 g/mol. The zero-order chi connectivity index (χ0) is 15.1. The molecule has 0 aromatic carbocycles. The summed E-state index contributed by atoms with van der Waals surface area (Å²) in [5.41, 5.74) is 0. The van der Waals surface area contributed by atoms with Gasteiger partial charge in [0.25, 0.3) is 0 Å². The molecule has 2 rings (SSSR count). The molecule has 1 atom stereocenters. The van der Waals surface area contributed by atoms with Crippen LogP contribution in [0.4, 0.5) is 0 Å². The number of carbonyl (C=O) groups excluding carboxylic acids is 1. The molecule has 0 radical (unpaired) electrons. The van der Waals surface area contributed by atoms with Crippen molar-refractivity contribution in [3.05, 3.63) is 0 Å². The van der Waals surface area contributed by atoms with Crippen LogP contribution in [0.25, 0.3) is 0 Å². The lowest BCUT2D eigenvalue weighted by molar-refractivity contribution is -0.146. The topological polar surface area (TPSA) is 72.4 Å². The Morgan fingerprint density at radius 2 is 2.14 bits per heavy atom. The van der Waals surface area contributed by atoms with Crippen LogP contribution >= 0.6 is 0 Å². The first-order valence-corrected chi connectivity index (χ1v) is 7.47. The summed E-state index contributed by atoms with van der Waals surface area (Å²) in [6, 6.07) is 0. The maximum absolute atomic E-state index is 11.5.